The van der Waals surface area contributed by atoms with E-state index >= 15 is 0 Å². The molecule has 0 saturated heterocycles. The normalized spacial score (nSPS) is 18.4. The number of para-hydroxylation sites is 3. The quantitative estimate of drug-likeness (QED) is 0.879. The third-order valence-electron chi connectivity index (χ3n) is 4.61. The van der Waals surface area contributed by atoms with Gasteiger partial charge in [0.1, 0.15) is 16.2 Å². The van der Waals surface area contributed by atoms with Gasteiger partial charge in [-0.15, -0.1) is 0 Å². The van der Waals surface area contributed by atoms with Crippen LogP contribution in [0.25, 0.3) is 0 Å². The van der Waals surface area contributed by atoms with Gasteiger partial charge in [0.25, 0.3) is 10.0 Å². The zero-order chi connectivity index (χ0) is 18.5. The minimum absolute atomic E-state index is 0.0816. The Morgan fingerprint density at radius 2 is 1.88 bits per heavy atom. The maximum atomic E-state index is 13.5. The number of fused-ring (bicyclic) bond motifs is 2. The van der Waals surface area contributed by atoms with E-state index in [1.165, 1.54) is 4.31 Å². The highest BCUT2D eigenvalue weighted by molar-refractivity contribution is 7.93. The average molecular weight is 372 g/mol. The predicted molar refractivity (Wildman–Crippen MR) is 99.1 cm³/mol. The summed E-state index contributed by atoms with van der Waals surface area (Å²) in [4.78, 5) is 12.1. The molecule has 7 heteroatoms. The topological polar surface area (TPSA) is 75.7 Å². The summed E-state index contributed by atoms with van der Waals surface area (Å²) in [6, 6.07) is 12.1. The van der Waals surface area contributed by atoms with Crippen LogP contribution in [0.1, 0.15) is 25.8 Å². The largest absolute Gasteiger partial charge is 0.486 e. The number of anilines is 2. The number of sulfonamides is 1. The molecule has 1 N–H and O–H groups in total. The molecular formula is C19H20N2O4S. The molecule has 0 atom stereocenters. The Morgan fingerprint density at radius 3 is 2.69 bits per heavy atom. The SMILES string of the molecule is CC1(C)Cc2cccc(S(=O)(=O)N3CCC(=O)Nc4ccccc43)c2O1. The first-order valence-corrected chi connectivity index (χ1v) is 9.94. The second-order valence-electron chi connectivity index (χ2n) is 7.18. The average Bonchev–Trinajstić information content (AvgIpc) is 2.78. The van der Waals surface area contributed by atoms with Gasteiger partial charge in [-0.25, -0.2) is 8.42 Å². The van der Waals surface area contributed by atoms with E-state index in [1.807, 2.05) is 19.9 Å². The summed E-state index contributed by atoms with van der Waals surface area (Å²) in [5.74, 6) is 0.212. The van der Waals surface area contributed by atoms with E-state index in [9.17, 15) is 13.2 Å². The highest BCUT2D eigenvalue weighted by atomic mass is 32.2. The van der Waals surface area contributed by atoms with E-state index in [4.69, 9.17) is 4.74 Å². The Bertz CT molecular complexity index is 998. The molecule has 2 aliphatic rings. The lowest BCUT2D eigenvalue weighted by Crippen LogP contribution is -2.32. The lowest BCUT2D eigenvalue weighted by Gasteiger charge is -2.25. The van der Waals surface area contributed by atoms with Crippen molar-refractivity contribution in [1.29, 1.82) is 0 Å². The van der Waals surface area contributed by atoms with Gasteiger partial charge < -0.3 is 10.1 Å². The number of carbonyl (C=O) groups excluding carboxylic acids is 1. The third kappa shape index (κ3) is 2.72. The maximum absolute atomic E-state index is 13.5. The number of nitrogens with zero attached hydrogens (tertiary/aromatic N) is 1. The smallest absolute Gasteiger partial charge is 0.268 e. The molecule has 1 amide bonds. The molecule has 0 aliphatic carbocycles. The monoisotopic (exact) mass is 372 g/mol. The van der Waals surface area contributed by atoms with Gasteiger partial charge in [0.05, 0.1) is 11.4 Å². The minimum atomic E-state index is -3.88. The van der Waals surface area contributed by atoms with Crippen LogP contribution in [0.15, 0.2) is 47.4 Å². The molecule has 0 aromatic heterocycles. The van der Waals surface area contributed by atoms with Crippen molar-refractivity contribution in [1.82, 2.24) is 0 Å². The van der Waals surface area contributed by atoms with E-state index in [2.05, 4.69) is 5.32 Å². The fourth-order valence-corrected chi connectivity index (χ4v) is 5.14. The molecule has 6 nitrogen and oxygen atoms in total. The summed E-state index contributed by atoms with van der Waals surface area (Å²) in [5, 5.41) is 2.77. The third-order valence-corrected chi connectivity index (χ3v) is 6.45. The van der Waals surface area contributed by atoms with Gasteiger partial charge in [0.15, 0.2) is 0 Å². The molecule has 0 unspecified atom stereocenters. The number of hydrogen-bond acceptors (Lipinski definition) is 4. The highest BCUT2D eigenvalue weighted by Crippen LogP contribution is 2.42. The lowest BCUT2D eigenvalue weighted by atomic mass is 10.0. The Kier molecular flexibility index (Phi) is 3.73. The number of carbonyl (C=O) groups is 1. The van der Waals surface area contributed by atoms with Crippen molar-refractivity contribution >= 4 is 27.3 Å². The van der Waals surface area contributed by atoms with Gasteiger partial charge in [-0.1, -0.05) is 24.3 Å². The van der Waals surface area contributed by atoms with Crippen LogP contribution in [0.5, 0.6) is 5.75 Å². The number of nitrogens with one attached hydrogen (secondary N) is 1. The zero-order valence-electron chi connectivity index (χ0n) is 14.7. The van der Waals surface area contributed by atoms with Crippen molar-refractivity contribution in [2.24, 2.45) is 0 Å². The van der Waals surface area contributed by atoms with E-state index in [0.29, 0.717) is 23.5 Å². The molecule has 4 rings (SSSR count). The van der Waals surface area contributed by atoms with E-state index in [0.717, 1.165) is 5.56 Å². The van der Waals surface area contributed by atoms with Crippen molar-refractivity contribution in [2.75, 3.05) is 16.2 Å². The Balaban J connectivity index is 1.85. The Labute approximate surface area is 152 Å². The van der Waals surface area contributed by atoms with E-state index in [1.54, 1.807) is 36.4 Å². The first-order valence-electron chi connectivity index (χ1n) is 8.50. The molecular weight excluding hydrogens is 352 g/mol. The Morgan fingerprint density at radius 1 is 1.12 bits per heavy atom. The van der Waals surface area contributed by atoms with Crippen molar-refractivity contribution in [3.05, 3.63) is 48.0 Å². The number of benzene rings is 2. The van der Waals surface area contributed by atoms with Crippen LogP contribution in [0.2, 0.25) is 0 Å². The zero-order valence-corrected chi connectivity index (χ0v) is 15.5. The number of amides is 1. The van der Waals surface area contributed by atoms with Crippen LogP contribution >= 0.6 is 0 Å². The van der Waals surface area contributed by atoms with Crippen LogP contribution < -0.4 is 14.4 Å². The van der Waals surface area contributed by atoms with E-state index < -0.39 is 15.6 Å². The van der Waals surface area contributed by atoms with Gasteiger partial charge in [-0.2, -0.15) is 0 Å². The molecule has 136 valence electrons. The minimum Gasteiger partial charge on any atom is -0.486 e. The highest BCUT2D eigenvalue weighted by Gasteiger charge is 2.38. The standard InChI is InChI=1S/C19H20N2O4S/c1-19(2)12-13-6-5-9-16(18(13)25-19)26(23,24)21-11-10-17(22)20-14-7-3-4-8-15(14)21/h3-9H,10-12H2,1-2H3,(H,20,22). The van der Waals surface area contributed by atoms with Gasteiger partial charge in [0.2, 0.25) is 5.91 Å². The number of ether oxygens (including phenoxy) is 1. The van der Waals surface area contributed by atoms with Crippen molar-refractivity contribution < 1.29 is 17.9 Å². The van der Waals surface area contributed by atoms with Crippen LogP contribution in [-0.4, -0.2) is 26.5 Å². The van der Waals surface area contributed by atoms with Crippen molar-refractivity contribution in [3.8, 4) is 5.75 Å². The molecule has 0 spiro atoms. The van der Waals surface area contributed by atoms with E-state index in [-0.39, 0.29) is 23.8 Å². The van der Waals surface area contributed by atoms with Gasteiger partial charge in [0, 0.05) is 19.4 Å². The summed E-state index contributed by atoms with van der Waals surface area (Å²) < 4.78 is 34.2. The fourth-order valence-electron chi connectivity index (χ4n) is 3.49. The molecule has 2 heterocycles. The molecule has 2 aromatic rings. The molecule has 2 aliphatic heterocycles. The van der Waals surface area contributed by atoms with Crippen LogP contribution in [0, 0.1) is 0 Å². The summed E-state index contributed by atoms with van der Waals surface area (Å²) in [6.45, 7) is 3.96. The second-order valence-corrected chi connectivity index (χ2v) is 9.01. The second kappa shape index (κ2) is 5.74. The van der Waals surface area contributed by atoms with Gasteiger partial charge in [-0.3, -0.25) is 9.10 Å². The molecule has 0 fully saturated rings. The summed E-state index contributed by atoms with van der Waals surface area (Å²) >= 11 is 0. The molecule has 0 bridgehead atoms. The summed E-state index contributed by atoms with van der Waals surface area (Å²) in [5.41, 5.74) is 1.40. The molecule has 0 radical (unpaired) electrons. The van der Waals surface area contributed by atoms with Crippen LogP contribution in [0.3, 0.4) is 0 Å². The first kappa shape index (κ1) is 16.9. The van der Waals surface area contributed by atoms with Crippen LogP contribution in [0.4, 0.5) is 11.4 Å². The molecule has 26 heavy (non-hydrogen) atoms. The van der Waals surface area contributed by atoms with Gasteiger partial charge in [-0.05, 0) is 37.6 Å². The maximum Gasteiger partial charge on any atom is 0.268 e. The van der Waals surface area contributed by atoms with Gasteiger partial charge >= 0.3 is 0 Å². The molecule has 0 saturated carbocycles. The first-order chi connectivity index (χ1) is 12.3. The van der Waals surface area contributed by atoms with Crippen LogP contribution in [-0.2, 0) is 21.2 Å². The lowest BCUT2D eigenvalue weighted by molar-refractivity contribution is -0.115. The summed E-state index contributed by atoms with van der Waals surface area (Å²) in [6.07, 6.45) is 0.748. The van der Waals surface area contributed by atoms with Crippen molar-refractivity contribution in [3.63, 3.8) is 0 Å². The Hall–Kier alpha value is -2.54. The predicted octanol–water partition coefficient (Wildman–Crippen LogP) is 2.94. The molecule has 2 aromatic carbocycles. The number of rotatable bonds is 2. The number of hydrogen-bond donors (Lipinski definition) is 1. The fraction of sp³-hybridized carbons (Fsp3) is 0.316. The summed E-state index contributed by atoms with van der Waals surface area (Å²) in [7, 11) is -3.88. The van der Waals surface area contributed by atoms with Crippen molar-refractivity contribution in [2.45, 2.75) is 37.2 Å².